The van der Waals surface area contributed by atoms with Gasteiger partial charge in [0.2, 0.25) is 15.9 Å². The Morgan fingerprint density at radius 1 is 1.19 bits per heavy atom. The molecule has 0 fully saturated rings. The Kier molecular flexibility index (Phi) is 7.06. The van der Waals surface area contributed by atoms with Crippen LogP contribution in [0.25, 0.3) is 0 Å². The van der Waals surface area contributed by atoms with Crippen molar-refractivity contribution in [2.24, 2.45) is 5.14 Å². The van der Waals surface area contributed by atoms with Crippen LogP contribution < -0.4 is 10.5 Å². The first-order chi connectivity index (χ1) is 15.1. The first kappa shape index (κ1) is 23.2. The molecule has 0 aliphatic rings. The summed E-state index contributed by atoms with van der Waals surface area (Å²) in [4.78, 5) is 30.7. The van der Waals surface area contributed by atoms with Crippen LogP contribution in [0.1, 0.15) is 35.3 Å². The predicted molar refractivity (Wildman–Crippen MR) is 120 cm³/mol. The lowest BCUT2D eigenvalue weighted by molar-refractivity contribution is -0.116. The summed E-state index contributed by atoms with van der Waals surface area (Å²) in [5.41, 5.74) is 1.72. The third-order valence-corrected chi connectivity index (χ3v) is 6.07. The molecule has 1 aromatic heterocycles. The van der Waals surface area contributed by atoms with Gasteiger partial charge < -0.3 is 14.8 Å². The molecular weight excluding hydrogens is 430 g/mol. The van der Waals surface area contributed by atoms with Crippen LogP contribution in [-0.4, -0.2) is 41.7 Å². The average molecular weight is 456 g/mol. The van der Waals surface area contributed by atoms with Crippen molar-refractivity contribution in [3.05, 3.63) is 78.4 Å². The molecule has 3 N–H and O–H groups in total. The fraction of sp³-hybridized carbons (Fsp3) is 0.227. The van der Waals surface area contributed by atoms with E-state index in [0.29, 0.717) is 17.8 Å². The maximum atomic E-state index is 13.0. The number of nitrogens with two attached hydrogens (primary N) is 1. The van der Waals surface area contributed by atoms with Gasteiger partial charge >= 0.3 is 0 Å². The van der Waals surface area contributed by atoms with E-state index in [9.17, 15) is 18.0 Å². The van der Waals surface area contributed by atoms with E-state index in [4.69, 9.17) is 5.14 Å². The molecule has 3 rings (SSSR count). The molecule has 0 saturated heterocycles. The lowest BCUT2D eigenvalue weighted by Crippen LogP contribution is -2.29. The van der Waals surface area contributed by atoms with Gasteiger partial charge in [-0.25, -0.2) is 18.5 Å². The van der Waals surface area contributed by atoms with Crippen LogP contribution in [0.2, 0.25) is 0 Å². The fourth-order valence-electron chi connectivity index (χ4n) is 3.14. The van der Waals surface area contributed by atoms with Gasteiger partial charge in [-0.1, -0.05) is 18.2 Å². The average Bonchev–Trinajstić information content (AvgIpc) is 3.29. The second-order valence-electron chi connectivity index (χ2n) is 7.39. The van der Waals surface area contributed by atoms with Gasteiger partial charge in [0.15, 0.2) is 0 Å². The monoisotopic (exact) mass is 455 g/mol. The van der Waals surface area contributed by atoms with Crippen LogP contribution in [-0.2, 0) is 21.4 Å². The lowest BCUT2D eigenvalue weighted by Gasteiger charge is -2.26. The number of primary sulfonamides is 1. The van der Waals surface area contributed by atoms with Crippen molar-refractivity contribution in [3.63, 3.8) is 0 Å². The summed E-state index contributed by atoms with van der Waals surface area (Å²) in [6, 6.07) is 12.5. The number of nitrogens with zero attached hydrogens (tertiary/aromatic N) is 3. The number of rotatable bonds is 8. The first-order valence-corrected chi connectivity index (χ1v) is 11.5. The molecule has 0 radical (unpaired) electrons. The highest BCUT2D eigenvalue weighted by atomic mass is 32.2. The van der Waals surface area contributed by atoms with Crippen molar-refractivity contribution in [1.29, 1.82) is 0 Å². The van der Waals surface area contributed by atoms with Crippen molar-refractivity contribution < 1.29 is 18.0 Å². The van der Waals surface area contributed by atoms with Crippen LogP contribution in [0.15, 0.2) is 72.1 Å². The number of amides is 2. The Labute approximate surface area is 186 Å². The molecule has 1 heterocycles. The maximum absolute atomic E-state index is 13.0. The Bertz CT molecular complexity index is 1190. The van der Waals surface area contributed by atoms with Crippen molar-refractivity contribution in [2.75, 3.05) is 12.4 Å². The largest absolute Gasteiger partial charge is 0.337 e. The van der Waals surface area contributed by atoms with E-state index in [1.807, 2.05) is 11.5 Å². The molecule has 2 amide bonds. The number of carbonyl (C=O) groups is 2. The Balaban J connectivity index is 1.65. The van der Waals surface area contributed by atoms with Gasteiger partial charge in [-0.05, 0) is 42.8 Å². The van der Waals surface area contributed by atoms with Gasteiger partial charge in [-0.3, -0.25) is 9.59 Å². The normalized spacial score (nSPS) is 12.2. The number of hydrogen-bond donors (Lipinski definition) is 2. The summed E-state index contributed by atoms with van der Waals surface area (Å²) in [6.45, 7) is 2.35. The standard InChI is InChI=1S/C22H25N5O4S/c1-16(17-6-8-20(9-7-17)32(23,30)31)26(2)22(29)18-4-3-5-19(14-18)25-21(28)10-12-27-13-11-24-15-27/h3-9,11,13-16H,10,12H2,1-2H3,(H,25,28)(H2,23,30,31). The molecule has 1 atom stereocenters. The predicted octanol–water partition coefficient (Wildman–Crippen LogP) is 2.39. The molecule has 2 aromatic carbocycles. The molecule has 0 aliphatic heterocycles. The van der Waals surface area contributed by atoms with Crippen LogP contribution in [0.3, 0.4) is 0 Å². The number of carbonyl (C=O) groups excluding carboxylic acids is 2. The van der Waals surface area contributed by atoms with E-state index in [1.165, 1.54) is 12.1 Å². The molecule has 168 valence electrons. The zero-order chi connectivity index (χ0) is 23.3. The molecule has 0 spiro atoms. The summed E-state index contributed by atoms with van der Waals surface area (Å²) < 4.78 is 24.7. The third-order valence-electron chi connectivity index (χ3n) is 5.14. The third kappa shape index (κ3) is 5.80. The molecule has 1 unspecified atom stereocenters. The molecule has 3 aromatic rings. The van der Waals surface area contributed by atoms with Crippen LogP contribution >= 0.6 is 0 Å². The second kappa shape index (κ2) is 9.75. The van der Waals surface area contributed by atoms with Crippen LogP contribution in [0, 0.1) is 0 Å². The van der Waals surface area contributed by atoms with Gasteiger partial charge in [0, 0.05) is 43.7 Å². The smallest absolute Gasteiger partial charge is 0.254 e. The number of nitrogens with one attached hydrogen (secondary N) is 1. The van der Waals surface area contributed by atoms with E-state index in [1.54, 1.807) is 67.1 Å². The molecular formula is C22H25N5O4S. The molecule has 0 saturated carbocycles. The molecule has 32 heavy (non-hydrogen) atoms. The molecule has 10 heteroatoms. The number of sulfonamides is 1. The highest BCUT2D eigenvalue weighted by molar-refractivity contribution is 7.89. The van der Waals surface area contributed by atoms with E-state index in [0.717, 1.165) is 5.56 Å². The number of imidazole rings is 1. The van der Waals surface area contributed by atoms with Crippen LogP contribution in [0.4, 0.5) is 5.69 Å². The Morgan fingerprint density at radius 3 is 2.53 bits per heavy atom. The minimum atomic E-state index is -3.78. The minimum absolute atomic E-state index is 0.0129. The quantitative estimate of drug-likeness (QED) is 0.539. The van der Waals surface area contributed by atoms with Gasteiger partial charge in [-0.15, -0.1) is 0 Å². The number of aryl methyl sites for hydroxylation is 1. The van der Waals surface area contributed by atoms with Crippen molar-refractivity contribution in [3.8, 4) is 0 Å². The summed E-state index contributed by atoms with van der Waals surface area (Å²) in [5.74, 6) is -0.400. The molecule has 0 bridgehead atoms. The molecule has 9 nitrogen and oxygen atoms in total. The summed E-state index contributed by atoms with van der Waals surface area (Å²) in [6.07, 6.45) is 5.36. The van der Waals surface area contributed by atoms with Gasteiger partial charge in [0.1, 0.15) is 0 Å². The second-order valence-corrected chi connectivity index (χ2v) is 8.95. The Morgan fingerprint density at radius 2 is 1.91 bits per heavy atom. The summed E-state index contributed by atoms with van der Waals surface area (Å²) in [5, 5.41) is 7.94. The molecule has 0 aliphatic carbocycles. The van der Waals surface area contributed by atoms with E-state index >= 15 is 0 Å². The Hall–Kier alpha value is -3.50. The maximum Gasteiger partial charge on any atom is 0.254 e. The number of anilines is 1. The van der Waals surface area contributed by atoms with E-state index in [-0.39, 0.29) is 29.2 Å². The highest BCUT2D eigenvalue weighted by Crippen LogP contribution is 2.23. The summed E-state index contributed by atoms with van der Waals surface area (Å²) >= 11 is 0. The van der Waals surface area contributed by atoms with E-state index < -0.39 is 10.0 Å². The number of hydrogen-bond acceptors (Lipinski definition) is 5. The topological polar surface area (TPSA) is 127 Å². The summed E-state index contributed by atoms with van der Waals surface area (Å²) in [7, 11) is -2.11. The van der Waals surface area contributed by atoms with Gasteiger partial charge in [0.25, 0.3) is 5.91 Å². The van der Waals surface area contributed by atoms with E-state index in [2.05, 4.69) is 10.3 Å². The fourth-order valence-corrected chi connectivity index (χ4v) is 3.66. The highest BCUT2D eigenvalue weighted by Gasteiger charge is 2.20. The van der Waals surface area contributed by atoms with Crippen molar-refractivity contribution in [2.45, 2.75) is 30.8 Å². The zero-order valence-electron chi connectivity index (χ0n) is 17.8. The number of aromatic nitrogens is 2. The van der Waals surface area contributed by atoms with Crippen molar-refractivity contribution >= 4 is 27.5 Å². The minimum Gasteiger partial charge on any atom is -0.337 e. The first-order valence-electron chi connectivity index (χ1n) is 9.91. The van der Waals surface area contributed by atoms with Gasteiger partial charge in [0.05, 0.1) is 17.3 Å². The van der Waals surface area contributed by atoms with Gasteiger partial charge in [-0.2, -0.15) is 0 Å². The zero-order valence-corrected chi connectivity index (χ0v) is 18.6. The van der Waals surface area contributed by atoms with Crippen molar-refractivity contribution in [1.82, 2.24) is 14.5 Å². The lowest BCUT2D eigenvalue weighted by atomic mass is 10.1. The number of benzene rings is 2. The SMILES string of the molecule is CC(c1ccc(S(N)(=O)=O)cc1)N(C)C(=O)c1cccc(NC(=O)CCn2ccnc2)c1. The van der Waals surface area contributed by atoms with Crippen LogP contribution in [0.5, 0.6) is 0 Å².